The van der Waals surface area contributed by atoms with E-state index in [1.807, 2.05) is 54.6 Å². The summed E-state index contributed by atoms with van der Waals surface area (Å²) in [7, 11) is 0. The third-order valence-corrected chi connectivity index (χ3v) is 2.89. The van der Waals surface area contributed by atoms with E-state index in [0.717, 1.165) is 24.3 Å². The van der Waals surface area contributed by atoms with Crippen molar-refractivity contribution in [2.75, 3.05) is 17.2 Å². The second-order valence-electron chi connectivity index (χ2n) is 4.67. The quantitative estimate of drug-likeness (QED) is 0.767. The molecule has 0 radical (unpaired) electrons. The number of nitrogens with one attached hydrogen (secondary N) is 2. The molecule has 0 saturated heterocycles. The fourth-order valence-corrected chi connectivity index (χ4v) is 1.81. The standard InChI is InChI=1S/C17H20N2O2/c1-2-3-12-21-16-11-7-10-15(13-16)19-17(20)18-14-8-5-4-6-9-14/h4-11,13H,2-3,12H2,1H3,(H2,18,19,20). The molecule has 110 valence electrons. The number of carbonyl (C=O) groups excluding carboxylic acids is 1. The molecule has 2 aromatic rings. The number of anilines is 2. The van der Waals surface area contributed by atoms with E-state index in [1.54, 1.807) is 0 Å². The van der Waals surface area contributed by atoms with Crippen LogP contribution in [-0.2, 0) is 0 Å². The van der Waals surface area contributed by atoms with Gasteiger partial charge in [-0.2, -0.15) is 0 Å². The Kier molecular flexibility index (Phi) is 5.64. The summed E-state index contributed by atoms with van der Waals surface area (Å²) in [5.41, 5.74) is 1.46. The van der Waals surface area contributed by atoms with Crippen LogP contribution in [0.2, 0.25) is 0 Å². The summed E-state index contributed by atoms with van der Waals surface area (Å²) in [6.45, 7) is 2.81. The molecule has 0 aromatic heterocycles. The van der Waals surface area contributed by atoms with Gasteiger partial charge in [-0.15, -0.1) is 0 Å². The SMILES string of the molecule is CCCCOc1cccc(NC(=O)Nc2ccccc2)c1. The molecule has 0 spiro atoms. The van der Waals surface area contributed by atoms with Crippen molar-refractivity contribution in [2.45, 2.75) is 19.8 Å². The fourth-order valence-electron chi connectivity index (χ4n) is 1.81. The summed E-state index contributed by atoms with van der Waals surface area (Å²) in [4.78, 5) is 11.9. The molecule has 0 heterocycles. The topological polar surface area (TPSA) is 50.4 Å². The van der Waals surface area contributed by atoms with Gasteiger partial charge in [0.05, 0.1) is 6.61 Å². The van der Waals surface area contributed by atoms with E-state index < -0.39 is 0 Å². The van der Waals surface area contributed by atoms with Gasteiger partial charge < -0.3 is 15.4 Å². The molecule has 2 amide bonds. The van der Waals surface area contributed by atoms with Crippen LogP contribution in [0, 0.1) is 0 Å². The molecule has 0 aliphatic heterocycles. The van der Waals surface area contributed by atoms with Gasteiger partial charge in [0.15, 0.2) is 0 Å². The Morgan fingerprint density at radius 3 is 2.48 bits per heavy atom. The minimum atomic E-state index is -0.271. The van der Waals surface area contributed by atoms with E-state index >= 15 is 0 Å². The Hall–Kier alpha value is -2.49. The maximum absolute atomic E-state index is 11.9. The third-order valence-electron chi connectivity index (χ3n) is 2.89. The Balaban J connectivity index is 1.90. The molecular formula is C17H20N2O2. The summed E-state index contributed by atoms with van der Waals surface area (Å²) >= 11 is 0. The summed E-state index contributed by atoms with van der Waals surface area (Å²) in [5.74, 6) is 0.765. The van der Waals surface area contributed by atoms with Gasteiger partial charge in [0.1, 0.15) is 5.75 Å². The van der Waals surface area contributed by atoms with E-state index in [9.17, 15) is 4.79 Å². The van der Waals surface area contributed by atoms with Crippen LogP contribution in [0.1, 0.15) is 19.8 Å². The Labute approximate surface area is 125 Å². The first-order valence-electron chi connectivity index (χ1n) is 7.14. The number of ether oxygens (including phenoxy) is 1. The number of rotatable bonds is 6. The van der Waals surface area contributed by atoms with Crippen molar-refractivity contribution < 1.29 is 9.53 Å². The van der Waals surface area contributed by atoms with Crippen molar-refractivity contribution in [1.82, 2.24) is 0 Å². The average Bonchev–Trinajstić information content (AvgIpc) is 2.49. The summed E-state index contributed by atoms with van der Waals surface area (Å²) in [5, 5.41) is 5.56. The van der Waals surface area contributed by atoms with Crippen molar-refractivity contribution in [3.8, 4) is 5.75 Å². The molecule has 0 bridgehead atoms. The highest BCUT2D eigenvalue weighted by Gasteiger charge is 2.03. The zero-order valence-electron chi connectivity index (χ0n) is 12.1. The van der Waals surface area contributed by atoms with Crippen LogP contribution in [-0.4, -0.2) is 12.6 Å². The van der Waals surface area contributed by atoms with Crippen molar-refractivity contribution in [1.29, 1.82) is 0 Å². The van der Waals surface area contributed by atoms with Crippen LogP contribution < -0.4 is 15.4 Å². The summed E-state index contributed by atoms with van der Waals surface area (Å²) in [6, 6.07) is 16.4. The van der Waals surface area contributed by atoms with Crippen LogP contribution >= 0.6 is 0 Å². The number of unbranched alkanes of at least 4 members (excludes halogenated alkanes) is 1. The number of hydrogen-bond acceptors (Lipinski definition) is 2. The lowest BCUT2D eigenvalue weighted by atomic mass is 10.3. The zero-order chi connectivity index (χ0) is 14.9. The Morgan fingerprint density at radius 2 is 1.71 bits per heavy atom. The predicted molar refractivity (Wildman–Crippen MR) is 85.9 cm³/mol. The van der Waals surface area contributed by atoms with Gasteiger partial charge in [-0.3, -0.25) is 0 Å². The average molecular weight is 284 g/mol. The van der Waals surface area contributed by atoms with E-state index in [1.165, 1.54) is 0 Å². The van der Waals surface area contributed by atoms with E-state index in [2.05, 4.69) is 17.6 Å². The number of amides is 2. The molecule has 0 saturated carbocycles. The van der Waals surface area contributed by atoms with Gasteiger partial charge in [0, 0.05) is 17.4 Å². The van der Waals surface area contributed by atoms with Gasteiger partial charge in [-0.25, -0.2) is 4.79 Å². The number of para-hydroxylation sites is 1. The summed E-state index contributed by atoms with van der Waals surface area (Å²) < 4.78 is 5.62. The minimum absolute atomic E-state index is 0.271. The number of carbonyl (C=O) groups is 1. The Morgan fingerprint density at radius 1 is 1.00 bits per heavy atom. The third kappa shape index (κ3) is 5.18. The molecule has 0 atom stereocenters. The lowest BCUT2D eigenvalue weighted by Crippen LogP contribution is -2.19. The maximum atomic E-state index is 11.9. The first-order valence-corrected chi connectivity index (χ1v) is 7.14. The molecule has 0 aliphatic carbocycles. The van der Waals surface area contributed by atoms with Crippen molar-refractivity contribution in [3.63, 3.8) is 0 Å². The highest BCUT2D eigenvalue weighted by atomic mass is 16.5. The molecule has 4 nitrogen and oxygen atoms in total. The molecule has 0 aliphatic rings. The lowest BCUT2D eigenvalue weighted by Gasteiger charge is -2.10. The molecule has 2 N–H and O–H groups in total. The van der Waals surface area contributed by atoms with E-state index in [4.69, 9.17) is 4.74 Å². The number of urea groups is 1. The molecule has 0 unspecified atom stereocenters. The predicted octanol–water partition coefficient (Wildman–Crippen LogP) is 4.51. The monoisotopic (exact) mass is 284 g/mol. The van der Waals surface area contributed by atoms with Gasteiger partial charge >= 0.3 is 6.03 Å². The van der Waals surface area contributed by atoms with Crippen LogP contribution in [0.25, 0.3) is 0 Å². The Bertz CT molecular complexity index is 570. The lowest BCUT2D eigenvalue weighted by molar-refractivity contribution is 0.262. The molecular weight excluding hydrogens is 264 g/mol. The fraction of sp³-hybridized carbons (Fsp3) is 0.235. The second-order valence-corrected chi connectivity index (χ2v) is 4.67. The highest BCUT2D eigenvalue weighted by molar-refractivity contribution is 5.99. The first-order chi connectivity index (χ1) is 10.3. The smallest absolute Gasteiger partial charge is 0.323 e. The molecule has 21 heavy (non-hydrogen) atoms. The van der Waals surface area contributed by atoms with Crippen LogP contribution in [0.5, 0.6) is 5.75 Å². The van der Waals surface area contributed by atoms with Crippen molar-refractivity contribution in [2.24, 2.45) is 0 Å². The minimum Gasteiger partial charge on any atom is -0.494 e. The molecule has 2 aromatic carbocycles. The maximum Gasteiger partial charge on any atom is 0.323 e. The van der Waals surface area contributed by atoms with E-state index in [-0.39, 0.29) is 6.03 Å². The summed E-state index contributed by atoms with van der Waals surface area (Å²) in [6.07, 6.45) is 2.11. The highest BCUT2D eigenvalue weighted by Crippen LogP contribution is 2.18. The zero-order valence-corrected chi connectivity index (χ0v) is 12.1. The van der Waals surface area contributed by atoms with Crippen LogP contribution in [0.3, 0.4) is 0 Å². The normalized spacial score (nSPS) is 9.95. The second kappa shape index (κ2) is 7.94. The molecule has 2 rings (SSSR count). The van der Waals surface area contributed by atoms with Gasteiger partial charge in [0.2, 0.25) is 0 Å². The van der Waals surface area contributed by atoms with Gasteiger partial charge in [0.25, 0.3) is 0 Å². The molecule has 4 heteroatoms. The van der Waals surface area contributed by atoms with Crippen LogP contribution in [0.4, 0.5) is 16.2 Å². The van der Waals surface area contributed by atoms with Crippen molar-refractivity contribution in [3.05, 3.63) is 54.6 Å². The number of hydrogen-bond donors (Lipinski definition) is 2. The van der Waals surface area contributed by atoms with Crippen LogP contribution in [0.15, 0.2) is 54.6 Å². The number of benzene rings is 2. The molecule has 0 fully saturated rings. The first kappa shape index (κ1) is 14.9. The van der Waals surface area contributed by atoms with E-state index in [0.29, 0.717) is 12.3 Å². The largest absolute Gasteiger partial charge is 0.494 e. The van der Waals surface area contributed by atoms with Crippen molar-refractivity contribution >= 4 is 17.4 Å². The van der Waals surface area contributed by atoms with Gasteiger partial charge in [-0.05, 0) is 30.7 Å². The van der Waals surface area contributed by atoms with Gasteiger partial charge in [-0.1, -0.05) is 37.6 Å².